The van der Waals surface area contributed by atoms with E-state index < -0.39 is 11.6 Å². The van der Waals surface area contributed by atoms with Gasteiger partial charge in [0.1, 0.15) is 5.82 Å². The number of unbranched alkanes of at least 4 members (excludes halogenated alkanes) is 1. The van der Waals surface area contributed by atoms with Crippen LogP contribution in [0.2, 0.25) is 0 Å². The van der Waals surface area contributed by atoms with Gasteiger partial charge in [0, 0.05) is 5.56 Å². The van der Waals surface area contributed by atoms with Gasteiger partial charge in [-0.2, -0.15) is 0 Å². The van der Waals surface area contributed by atoms with Crippen LogP contribution in [0.15, 0.2) is 54.6 Å². The molecule has 0 aliphatic heterocycles. The fourth-order valence-corrected chi connectivity index (χ4v) is 5.25. The maximum absolute atomic E-state index is 15.1. The Morgan fingerprint density at radius 1 is 0.750 bits per heavy atom. The first-order valence-corrected chi connectivity index (χ1v) is 13.5. The van der Waals surface area contributed by atoms with Crippen molar-refractivity contribution in [1.82, 2.24) is 0 Å². The molecular weight excluding hydrogens is 457 g/mol. The van der Waals surface area contributed by atoms with Gasteiger partial charge in [-0.1, -0.05) is 75.2 Å². The molecule has 0 heterocycles. The van der Waals surface area contributed by atoms with Crippen LogP contribution < -0.4 is 0 Å². The van der Waals surface area contributed by atoms with E-state index in [4.69, 9.17) is 4.74 Å². The first-order chi connectivity index (χ1) is 17.5. The van der Waals surface area contributed by atoms with Crippen LogP contribution >= 0.6 is 0 Å². The molecule has 0 saturated heterocycles. The van der Waals surface area contributed by atoms with Crippen molar-refractivity contribution in [2.45, 2.75) is 90.3 Å². The summed E-state index contributed by atoms with van der Waals surface area (Å²) >= 11 is 0. The van der Waals surface area contributed by atoms with Crippen LogP contribution in [-0.2, 0) is 24.2 Å². The summed E-state index contributed by atoms with van der Waals surface area (Å²) in [5.74, 6) is -1.67. The summed E-state index contributed by atoms with van der Waals surface area (Å²) in [6.07, 6.45) is 7.92. The Balaban J connectivity index is 1.33. The lowest BCUT2D eigenvalue weighted by Crippen LogP contribution is -2.21. The normalized spacial score (nSPS) is 17.9. The Bertz CT molecular complexity index is 1130. The number of rotatable bonds is 10. The summed E-state index contributed by atoms with van der Waals surface area (Å²) in [6, 6.07) is 16.6. The van der Waals surface area contributed by atoms with Gasteiger partial charge in [0.25, 0.3) is 0 Å². The molecule has 1 saturated carbocycles. The molecule has 1 aliphatic rings. The molecule has 1 fully saturated rings. The Hall–Kier alpha value is -2.59. The number of aryl methyl sites for hydroxylation is 2. The molecule has 0 atom stereocenters. The Morgan fingerprint density at radius 3 is 2.14 bits per heavy atom. The summed E-state index contributed by atoms with van der Waals surface area (Å²) < 4.78 is 50.5. The van der Waals surface area contributed by atoms with Gasteiger partial charge in [-0.3, -0.25) is 0 Å². The standard InChI is InChI=1S/C32H37F3O/c1-3-5-7-26-13-10-23(20-30(26)33)21-36-27-16-14-25(15-17-27)29-19-18-28(31(34)32(29)35)24-11-8-22(6-4-2)9-12-24/h8-13,18-20,25,27H,3-7,14-17,21H2,1-2H3. The van der Waals surface area contributed by atoms with E-state index in [2.05, 4.69) is 13.8 Å². The predicted octanol–water partition coefficient (Wildman–Crippen LogP) is 9.31. The molecule has 192 valence electrons. The molecule has 0 bridgehead atoms. The van der Waals surface area contributed by atoms with Crippen molar-refractivity contribution >= 4 is 0 Å². The number of halogens is 3. The molecule has 0 radical (unpaired) electrons. The van der Waals surface area contributed by atoms with Crippen LogP contribution in [0.3, 0.4) is 0 Å². The summed E-state index contributed by atoms with van der Waals surface area (Å²) in [5.41, 5.74) is 4.26. The van der Waals surface area contributed by atoms with Crippen molar-refractivity contribution < 1.29 is 17.9 Å². The zero-order valence-corrected chi connectivity index (χ0v) is 21.5. The predicted molar refractivity (Wildman–Crippen MR) is 141 cm³/mol. The number of benzene rings is 3. The highest BCUT2D eigenvalue weighted by molar-refractivity contribution is 5.65. The molecule has 0 amide bonds. The van der Waals surface area contributed by atoms with Crippen molar-refractivity contribution in [3.8, 4) is 11.1 Å². The third-order valence-electron chi connectivity index (χ3n) is 7.43. The lowest BCUT2D eigenvalue weighted by Gasteiger charge is -2.29. The van der Waals surface area contributed by atoms with Crippen LogP contribution in [0, 0.1) is 17.5 Å². The third-order valence-corrected chi connectivity index (χ3v) is 7.43. The minimum absolute atomic E-state index is 0.0179. The van der Waals surface area contributed by atoms with E-state index in [-0.39, 0.29) is 17.8 Å². The van der Waals surface area contributed by atoms with Crippen LogP contribution in [0.5, 0.6) is 0 Å². The maximum Gasteiger partial charge on any atom is 0.166 e. The first kappa shape index (κ1) is 26.5. The minimum atomic E-state index is -0.765. The highest BCUT2D eigenvalue weighted by Crippen LogP contribution is 2.38. The highest BCUT2D eigenvalue weighted by Gasteiger charge is 2.27. The van der Waals surface area contributed by atoms with Crippen molar-refractivity contribution in [3.05, 3.63) is 94.3 Å². The van der Waals surface area contributed by atoms with Gasteiger partial charge in [-0.25, -0.2) is 13.2 Å². The van der Waals surface area contributed by atoms with Crippen molar-refractivity contribution in [2.75, 3.05) is 0 Å². The molecule has 1 nitrogen and oxygen atoms in total. The summed E-state index contributed by atoms with van der Waals surface area (Å²) in [7, 11) is 0. The topological polar surface area (TPSA) is 9.23 Å². The fourth-order valence-electron chi connectivity index (χ4n) is 5.25. The van der Waals surface area contributed by atoms with Crippen molar-refractivity contribution in [1.29, 1.82) is 0 Å². The molecule has 36 heavy (non-hydrogen) atoms. The molecule has 3 aromatic rings. The van der Waals surface area contributed by atoms with E-state index in [1.54, 1.807) is 18.2 Å². The smallest absolute Gasteiger partial charge is 0.166 e. The summed E-state index contributed by atoms with van der Waals surface area (Å²) in [4.78, 5) is 0. The fraction of sp³-hybridized carbons (Fsp3) is 0.438. The molecular formula is C32H37F3O. The van der Waals surface area contributed by atoms with E-state index in [0.717, 1.165) is 68.9 Å². The van der Waals surface area contributed by atoms with Gasteiger partial charge in [0.2, 0.25) is 0 Å². The largest absolute Gasteiger partial charge is 0.374 e. The molecule has 4 heteroatoms. The van der Waals surface area contributed by atoms with E-state index in [1.165, 1.54) is 5.56 Å². The van der Waals surface area contributed by atoms with Gasteiger partial charge >= 0.3 is 0 Å². The lowest BCUT2D eigenvalue weighted by molar-refractivity contribution is 0.0130. The average molecular weight is 495 g/mol. The lowest BCUT2D eigenvalue weighted by atomic mass is 9.82. The summed E-state index contributed by atoms with van der Waals surface area (Å²) in [6.45, 7) is 4.59. The second-order valence-electron chi connectivity index (χ2n) is 10.1. The minimum Gasteiger partial charge on any atom is -0.374 e. The molecule has 0 spiro atoms. The Kier molecular flexibility index (Phi) is 9.25. The molecule has 0 N–H and O–H groups in total. The Labute approximate surface area is 213 Å². The van der Waals surface area contributed by atoms with Crippen LogP contribution in [0.4, 0.5) is 13.2 Å². The third kappa shape index (κ3) is 6.39. The van der Waals surface area contributed by atoms with Gasteiger partial charge < -0.3 is 4.74 Å². The zero-order valence-electron chi connectivity index (χ0n) is 21.5. The quantitative estimate of drug-likeness (QED) is 0.273. The molecule has 1 aliphatic carbocycles. The van der Waals surface area contributed by atoms with Gasteiger partial charge in [0.15, 0.2) is 11.6 Å². The monoisotopic (exact) mass is 494 g/mol. The van der Waals surface area contributed by atoms with Crippen LogP contribution in [-0.4, -0.2) is 6.10 Å². The molecule has 4 rings (SSSR count). The second kappa shape index (κ2) is 12.6. The van der Waals surface area contributed by atoms with Gasteiger partial charge in [-0.15, -0.1) is 0 Å². The molecule has 0 unspecified atom stereocenters. The van der Waals surface area contributed by atoms with Crippen LogP contribution in [0.25, 0.3) is 11.1 Å². The van der Waals surface area contributed by atoms with E-state index >= 15 is 8.78 Å². The second-order valence-corrected chi connectivity index (χ2v) is 10.1. The Morgan fingerprint density at radius 2 is 1.47 bits per heavy atom. The molecule has 3 aromatic carbocycles. The number of hydrogen-bond donors (Lipinski definition) is 0. The summed E-state index contributed by atoms with van der Waals surface area (Å²) in [5, 5.41) is 0. The maximum atomic E-state index is 15.1. The van der Waals surface area contributed by atoms with E-state index in [0.29, 0.717) is 23.3 Å². The van der Waals surface area contributed by atoms with Gasteiger partial charge in [0.05, 0.1) is 12.7 Å². The SMILES string of the molecule is CCCCc1ccc(COC2CCC(c3ccc(-c4ccc(CCC)cc4)c(F)c3F)CC2)cc1F. The zero-order chi connectivity index (χ0) is 25.5. The number of ether oxygens (including phenoxy) is 1. The van der Waals surface area contributed by atoms with Crippen molar-refractivity contribution in [3.63, 3.8) is 0 Å². The van der Waals surface area contributed by atoms with Gasteiger partial charge in [-0.05, 0) is 84.7 Å². The number of hydrogen-bond acceptors (Lipinski definition) is 1. The average Bonchev–Trinajstić information content (AvgIpc) is 2.90. The van der Waals surface area contributed by atoms with E-state index in [9.17, 15) is 4.39 Å². The first-order valence-electron chi connectivity index (χ1n) is 13.5. The highest BCUT2D eigenvalue weighted by atomic mass is 19.2. The molecule has 0 aromatic heterocycles. The van der Waals surface area contributed by atoms with E-state index in [1.807, 2.05) is 36.4 Å². The van der Waals surface area contributed by atoms with Crippen LogP contribution in [0.1, 0.15) is 87.0 Å². The van der Waals surface area contributed by atoms with Crippen molar-refractivity contribution in [2.24, 2.45) is 0 Å².